The standard InChI is InChI=1S/C34H35NO12/c1-18(36)16-23(31(40)41)45-32(42)28(19-6-4-3-5-7-19)46-26(39)11-10-25(38)44-22-12-13-34(43)24-17-20-8-9-21(37)29-27(20)33(34,30(22)47-29)14-15-35(24)2/h3-9,12,23-24,28,30,37,43H,10-11,13-17H2,1-2H3,(H,40,41)/t23-,24-,28+,30+,33+,34-/m1/s1. The molecule has 2 aliphatic heterocycles. The number of benzene rings is 2. The maximum absolute atomic E-state index is 13.1. The Labute approximate surface area is 269 Å². The first kappa shape index (κ1) is 32.2. The Morgan fingerprint density at radius 1 is 1.04 bits per heavy atom. The maximum atomic E-state index is 13.1. The molecule has 13 nitrogen and oxygen atoms in total. The number of piperidine rings is 1. The van der Waals surface area contributed by atoms with E-state index in [1.54, 1.807) is 30.3 Å². The first-order chi connectivity index (χ1) is 22.4. The molecular weight excluding hydrogens is 614 g/mol. The van der Waals surface area contributed by atoms with Gasteiger partial charge < -0.3 is 39.2 Å². The molecule has 2 aromatic rings. The number of ketones is 1. The summed E-state index contributed by atoms with van der Waals surface area (Å²) in [7, 11) is 1.96. The second-order valence-corrected chi connectivity index (χ2v) is 12.5. The number of hydrogen-bond donors (Lipinski definition) is 3. The Kier molecular flexibility index (Phi) is 8.30. The highest BCUT2D eigenvalue weighted by Gasteiger charge is 2.72. The Morgan fingerprint density at radius 2 is 1.77 bits per heavy atom. The van der Waals surface area contributed by atoms with E-state index >= 15 is 0 Å². The quantitative estimate of drug-likeness (QED) is 0.238. The minimum absolute atomic E-state index is 0.0665. The Morgan fingerprint density at radius 3 is 2.47 bits per heavy atom. The van der Waals surface area contributed by atoms with Gasteiger partial charge in [0.05, 0.1) is 30.3 Å². The fourth-order valence-corrected chi connectivity index (χ4v) is 7.54. The highest BCUT2D eigenvalue weighted by atomic mass is 16.6. The summed E-state index contributed by atoms with van der Waals surface area (Å²) < 4.78 is 22.4. The molecule has 6 atom stereocenters. The number of likely N-dealkylation sites (N-methyl/N-ethyl adjacent to an activating group) is 1. The second-order valence-electron chi connectivity index (χ2n) is 12.5. The van der Waals surface area contributed by atoms with Gasteiger partial charge in [-0.3, -0.25) is 14.4 Å². The number of Topliss-reactive ketones (excluding diaryl/α,β-unsaturated/α-hetero) is 1. The largest absolute Gasteiger partial charge is 0.504 e. The summed E-state index contributed by atoms with van der Waals surface area (Å²) in [6.07, 6.45) is -2.92. The van der Waals surface area contributed by atoms with Crippen molar-refractivity contribution < 1.29 is 58.2 Å². The number of phenols is 1. The molecule has 2 bridgehead atoms. The van der Waals surface area contributed by atoms with Gasteiger partial charge in [0.1, 0.15) is 11.5 Å². The number of ether oxygens (including phenoxy) is 4. The van der Waals surface area contributed by atoms with Gasteiger partial charge in [-0.25, -0.2) is 9.59 Å². The van der Waals surface area contributed by atoms with Crippen LogP contribution in [0.25, 0.3) is 0 Å². The summed E-state index contributed by atoms with van der Waals surface area (Å²) >= 11 is 0. The third-order valence-corrected chi connectivity index (χ3v) is 9.69. The van der Waals surface area contributed by atoms with Gasteiger partial charge in [-0.05, 0) is 51.1 Å². The van der Waals surface area contributed by atoms with Crippen molar-refractivity contribution in [1.82, 2.24) is 4.90 Å². The topological polar surface area (TPSA) is 186 Å². The molecule has 2 aromatic carbocycles. The average molecular weight is 650 g/mol. The zero-order valence-corrected chi connectivity index (χ0v) is 25.8. The monoisotopic (exact) mass is 649 g/mol. The van der Waals surface area contributed by atoms with Gasteiger partial charge in [0, 0.05) is 23.6 Å². The lowest BCUT2D eigenvalue weighted by atomic mass is 9.50. The number of likely N-dealkylation sites (tertiary alicyclic amines) is 1. The fraction of sp³-hybridized carbons (Fsp3) is 0.441. The summed E-state index contributed by atoms with van der Waals surface area (Å²) in [5.41, 5.74) is -0.286. The molecule has 6 rings (SSSR count). The van der Waals surface area contributed by atoms with E-state index in [1.165, 1.54) is 12.1 Å². The van der Waals surface area contributed by atoms with Gasteiger partial charge in [0.25, 0.3) is 0 Å². The number of carboxylic acid groups (broad SMARTS) is 1. The van der Waals surface area contributed by atoms with Crippen molar-refractivity contribution in [2.45, 2.75) is 80.8 Å². The fourth-order valence-electron chi connectivity index (χ4n) is 7.54. The van der Waals surface area contributed by atoms with Crippen LogP contribution in [0.2, 0.25) is 0 Å². The number of aliphatic hydroxyl groups is 1. The predicted molar refractivity (Wildman–Crippen MR) is 160 cm³/mol. The summed E-state index contributed by atoms with van der Waals surface area (Å²) in [5, 5.41) is 32.3. The molecule has 4 aliphatic rings. The third-order valence-electron chi connectivity index (χ3n) is 9.69. The van der Waals surface area contributed by atoms with E-state index in [2.05, 4.69) is 4.90 Å². The van der Waals surface area contributed by atoms with Crippen LogP contribution < -0.4 is 4.74 Å². The molecule has 13 heteroatoms. The second kappa shape index (κ2) is 12.1. The van der Waals surface area contributed by atoms with Gasteiger partial charge >= 0.3 is 23.9 Å². The molecule has 2 heterocycles. The molecular formula is C34H35NO12. The van der Waals surface area contributed by atoms with Gasteiger partial charge in [-0.15, -0.1) is 0 Å². The Balaban J connectivity index is 1.15. The van der Waals surface area contributed by atoms with Crippen LogP contribution in [0.15, 0.2) is 54.3 Å². The zero-order chi connectivity index (χ0) is 33.7. The van der Waals surface area contributed by atoms with E-state index in [9.17, 15) is 39.3 Å². The van der Waals surface area contributed by atoms with E-state index in [-0.39, 0.29) is 35.3 Å². The summed E-state index contributed by atoms with van der Waals surface area (Å²) in [6, 6.07) is 11.0. The van der Waals surface area contributed by atoms with Crippen LogP contribution in [0.1, 0.15) is 61.8 Å². The molecule has 3 N–H and O–H groups in total. The Hall–Kier alpha value is -4.75. The Bertz CT molecular complexity index is 1670. The van der Waals surface area contributed by atoms with Crippen LogP contribution in [-0.2, 0) is 50.0 Å². The first-order valence-electron chi connectivity index (χ1n) is 15.4. The van der Waals surface area contributed by atoms with Crippen molar-refractivity contribution in [1.29, 1.82) is 0 Å². The van der Waals surface area contributed by atoms with Gasteiger partial charge in [-0.1, -0.05) is 36.4 Å². The van der Waals surface area contributed by atoms with Crippen LogP contribution in [-0.4, -0.2) is 87.3 Å². The number of carbonyl (C=O) groups is 5. The van der Waals surface area contributed by atoms with Crippen LogP contribution >= 0.6 is 0 Å². The number of hydrogen-bond acceptors (Lipinski definition) is 12. The van der Waals surface area contributed by atoms with E-state index in [0.29, 0.717) is 19.4 Å². The first-order valence-corrected chi connectivity index (χ1v) is 15.4. The minimum Gasteiger partial charge on any atom is -0.504 e. The molecule has 0 saturated carbocycles. The number of carboxylic acids is 1. The van der Waals surface area contributed by atoms with Crippen molar-refractivity contribution in [2.24, 2.45) is 0 Å². The predicted octanol–water partition coefficient (Wildman–Crippen LogP) is 2.25. The molecule has 47 heavy (non-hydrogen) atoms. The van der Waals surface area contributed by atoms with Crippen LogP contribution in [0.3, 0.4) is 0 Å². The molecule has 0 amide bonds. The summed E-state index contributed by atoms with van der Waals surface area (Å²) in [6.45, 7) is 1.81. The van der Waals surface area contributed by atoms with Crippen molar-refractivity contribution in [2.75, 3.05) is 13.6 Å². The lowest BCUT2D eigenvalue weighted by molar-refractivity contribution is -0.178. The van der Waals surface area contributed by atoms with Crippen LogP contribution in [0, 0.1) is 0 Å². The summed E-state index contributed by atoms with van der Waals surface area (Å²) in [5.74, 6) is -4.60. The van der Waals surface area contributed by atoms with Crippen molar-refractivity contribution in [3.05, 3.63) is 71.0 Å². The molecule has 1 spiro atoms. The highest BCUT2D eigenvalue weighted by molar-refractivity contribution is 5.87. The third kappa shape index (κ3) is 5.42. The number of phenolic OH excluding ortho intramolecular Hbond substituents is 1. The number of rotatable bonds is 11. The van der Waals surface area contributed by atoms with E-state index < -0.39 is 78.3 Å². The van der Waals surface area contributed by atoms with Crippen LogP contribution in [0.4, 0.5) is 0 Å². The van der Waals surface area contributed by atoms with Gasteiger partial charge in [0.15, 0.2) is 17.6 Å². The van der Waals surface area contributed by atoms with Crippen molar-refractivity contribution >= 4 is 29.7 Å². The maximum Gasteiger partial charge on any atom is 0.353 e. The normalized spacial score (nSPS) is 26.5. The smallest absolute Gasteiger partial charge is 0.353 e. The van der Waals surface area contributed by atoms with Crippen molar-refractivity contribution in [3.8, 4) is 11.5 Å². The molecule has 1 saturated heterocycles. The molecule has 0 unspecified atom stereocenters. The zero-order valence-electron chi connectivity index (χ0n) is 25.8. The van der Waals surface area contributed by atoms with Crippen molar-refractivity contribution in [3.63, 3.8) is 0 Å². The number of aromatic hydroxyl groups is 1. The molecule has 1 fully saturated rings. The lowest BCUT2D eigenvalue weighted by Crippen LogP contribution is -2.74. The lowest BCUT2D eigenvalue weighted by Gasteiger charge is -2.61. The number of esters is 3. The van der Waals surface area contributed by atoms with E-state index in [1.807, 2.05) is 13.1 Å². The molecule has 248 valence electrons. The number of carbonyl (C=O) groups excluding carboxylic acids is 4. The number of aliphatic carboxylic acids is 1. The molecule has 0 radical (unpaired) electrons. The SMILES string of the molecule is CC(=O)C[C@@H](OC(=O)[C@@H](OC(=O)CCC(=O)OC1=CC[C@@]2(O)[C@H]3Cc4ccc(O)c5c4[C@@]2(CCN3C)[C@H]1O5)c1ccccc1)C(=O)O. The molecule has 2 aliphatic carbocycles. The molecule has 0 aromatic heterocycles. The van der Waals surface area contributed by atoms with Gasteiger partial charge in [0.2, 0.25) is 12.2 Å². The summed E-state index contributed by atoms with van der Waals surface area (Å²) in [4.78, 5) is 64.1. The highest BCUT2D eigenvalue weighted by Crippen LogP contribution is 2.65. The van der Waals surface area contributed by atoms with E-state index in [4.69, 9.17) is 18.9 Å². The van der Waals surface area contributed by atoms with E-state index in [0.717, 1.165) is 18.1 Å². The average Bonchev–Trinajstić information content (AvgIpc) is 3.39. The van der Waals surface area contributed by atoms with Crippen LogP contribution in [0.5, 0.6) is 11.5 Å². The van der Waals surface area contributed by atoms with Gasteiger partial charge in [-0.2, -0.15) is 0 Å². The number of nitrogens with zero attached hydrogens (tertiary/aromatic N) is 1. The minimum atomic E-state index is -1.77.